The van der Waals surface area contributed by atoms with Crippen LogP contribution in [0.15, 0.2) is 48.5 Å². The molecule has 0 aromatic heterocycles. The molecule has 0 aliphatic rings. The fraction of sp³-hybridized carbons (Fsp3) is 0.263. The van der Waals surface area contributed by atoms with Gasteiger partial charge in [-0.15, -0.1) is 0 Å². The summed E-state index contributed by atoms with van der Waals surface area (Å²) in [6, 6.07) is 11.2. The van der Waals surface area contributed by atoms with Gasteiger partial charge in [0.15, 0.2) is 0 Å². The Hall–Kier alpha value is -2.76. The molecular formula is C19H19F2NO3. The topological polar surface area (TPSA) is 55.4 Å². The second-order valence-electron chi connectivity index (χ2n) is 5.89. The molecule has 0 radical (unpaired) electrons. The van der Waals surface area contributed by atoms with Crippen LogP contribution in [0.25, 0.3) is 0 Å². The molecule has 132 valence electrons. The van der Waals surface area contributed by atoms with Crippen molar-refractivity contribution in [2.24, 2.45) is 5.92 Å². The fourth-order valence-electron chi connectivity index (χ4n) is 2.24. The van der Waals surface area contributed by atoms with E-state index in [2.05, 4.69) is 5.32 Å². The summed E-state index contributed by atoms with van der Waals surface area (Å²) >= 11 is 0. The van der Waals surface area contributed by atoms with Gasteiger partial charge in [0.25, 0.3) is 5.91 Å². The first kappa shape index (κ1) is 18.6. The van der Waals surface area contributed by atoms with E-state index in [9.17, 15) is 18.4 Å². The van der Waals surface area contributed by atoms with E-state index in [0.717, 1.165) is 23.8 Å². The van der Waals surface area contributed by atoms with Gasteiger partial charge in [0.2, 0.25) is 0 Å². The number of halogens is 2. The molecule has 0 aliphatic heterocycles. The minimum absolute atomic E-state index is 0.0484. The van der Waals surface area contributed by atoms with Gasteiger partial charge in [0.05, 0.1) is 0 Å². The SMILES string of the molecule is CC(C)[C@H](NC(=O)c1c(F)cccc1F)C(=O)OCc1ccccc1. The lowest BCUT2D eigenvalue weighted by Crippen LogP contribution is -2.45. The molecule has 6 heteroatoms. The number of amides is 1. The zero-order valence-corrected chi connectivity index (χ0v) is 14.0. The Bertz CT molecular complexity index is 727. The minimum atomic E-state index is -1.02. The van der Waals surface area contributed by atoms with Crippen molar-refractivity contribution in [2.75, 3.05) is 0 Å². The van der Waals surface area contributed by atoms with Crippen LogP contribution in [0.3, 0.4) is 0 Å². The molecule has 2 aromatic rings. The number of carbonyl (C=O) groups excluding carboxylic acids is 2. The van der Waals surface area contributed by atoms with E-state index in [0.29, 0.717) is 0 Å². The van der Waals surface area contributed by atoms with E-state index in [4.69, 9.17) is 4.74 Å². The summed E-state index contributed by atoms with van der Waals surface area (Å²) in [6.07, 6.45) is 0. The second kappa shape index (κ2) is 8.37. The number of rotatable bonds is 6. The molecule has 4 nitrogen and oxygen atoms in total. The minimum Gasteiger partial charge on any atom is -0.459 e. The molecule has 1 atom stereocenters. The Morgan fingerprint density at radius 1 is 1.00 bits per heavy atom. The molecule has 0 saturated heterocycles. The molecule has 0 aliphatic carbocycles. The van der Waals surface area contributed by atoms with Crippen molar-refractivity contribution in [3.63, 3.8) is 0 Å². The predicted molar refractivity (Wildman–Crippen MR) is 88.7 cm³/mol. The van der Waals surface area contributed by atoms with Crippen molar-refractivity contribution in [3.8, 4) is 0 Å². The smallest absolute Gasteiger partial charge is 0.329 e. The summed E-state index contributed by atoms with van der Waals surface area (Å²) in [6.45, 7) is 3.45. The Labute approximate surface area is 144 Å². The van der Waals surface area contributed by atoms with E-state index in [1.54, 1.807) is 26.0 Å². The summed E-state index contributed by atoms with van der Waals surface area (Å²) < 4.78 is 32.6. The third-order valence-corrected chi connectivity index (χ3v) is 3.62. The van der Waals surface area contributed by atoms with E-state index < -0.39 is 35.1 Å². The lowest BCUT2D eigenvalue weighted by molar-refractivity contribution is -0.148. The zero-order chi connectivity index (χ0) is 18.4. The highest BCUT2D eigenvalue weighted by Gasteiger charge is 2.28. The lowest BCUT2D eigenvalue weighted by atomic mass is 10.0. The highest BCUT2D eigenvalue weighted by atomic mass is 19.1. The average molecular weight is 347 g/mol. The second-order valence-corrected chi connectivity index (χ2v) is 5.89. The van der Waals surface area contributed by atoms with Gasteiger partial charge in [-0.25, -0.2) is 13.6 Å². The number of esters is 1. The summed E-state index contributed by atoms with van der Waals surface area (Å²) in [5.41, 5.74) is 0.0776. The van der Waals surface area contributed by atoms with Crippen LogP contribution in [0.4, 0.5) is 8.78 Å². The number of hydrogen-bond acceptors (Lipinski definition) is 3. The molecule has 25 heavy (non-hydrogen) atoms. The number of hydrogen-bond donors (Lipinski definition) is 1. The van der Waals surface area contributed by atoms with E-state index in [1.165, 1.54) is 0 Å². The largest absolute Gasteiger partial charge is 0.459 e. The van der Waals surface area contributed by atoms with Crippen molar-refractivity contribution in [2.45, 2.75) is 26.5 Å². The highest BCUT2D eigenvalue weighted by Crippen LogP contribution is 2.14. The Morgan fingerprint density at radius 2 is 1.60 bits per heavy atom. The molecule has 0 fully saturated rings. The maximum absolute atomic E-state index is 13.7. The molecule has 2 rings (SSSR count). The van der Waals surface area contributed by atoms with Crippen LogP contribution in [-0.4, -0.2) is 17.9 Å². The van der Waals surface area contributed by atoms with Crippen LogP contribution >= 0.6 is 0 Å². The summed E-state index contributed by atoms with van der Waals surface area (Å²) in [4.78, 5) is 24.5. The molecule has 1 N–H and O–H groups in total. The van der Waals surface area contributed by atoms with E-state index >= 15 is 0 Å². The zero-order valence-electron chi connectivity index (χ0n) is 14.0. The lowest BCUT2D eigenvalue weighted by Gasteiger charge is -2.21. The number of ether oxygens (including phenoxy) is 1. The van der Waals surface area contributed by atoms with E-state index in [1.807, 2.05) is 18.2 Å². The summed E-state index contributed by atoms with van der Waals surface area (Å²) in [7, 11) is 0. The normalized spacial score (nSPS) is 11.9. The first-order valence-corrected chi connectivity index (χ1v) is 7.85. The number of benzene rings is 2. The molecule has 0 spiro atoms. The molecular weight excluding hydrogens is 328 g/mol. The first-order chi connectivity index (χ1) is 11.9. The van der Waals surface area contributed by atoms with Crippen molar-refractivity contribution < 1.29 is 23.1 Å². The number of nitrogens with one attached hydrogen (secondary N) is 1. The third kappa shape index (κ3) is 4.86. The molecule has 2 aromatic carbocycles. The van der Waals surface area contributed by atoms with Gasteiger partial charge in [-0.3, -0.25) is 4.79 Å². The van der Waals surface area contributed by atoms with Gasteiger partial charge in [-0.2, -0.15) is 0 Å². The Morgan fingerprint density at radius 3 is 2.16 bits per heavy atom. The maximum Gasteiger partial charge on any atom is 0.329 e. The van der Waals surface area contributed by atoms with Crippen LogP contribution in [-0.2, 0) is 16.1 Å². The van der Waals surface area contributed by atoms with Gasteiger partial charge in [-0.05, 0) is 23.6 Å². The van der Waals surface area contributed by atoms with Crippen molar-refractivity contribution in [1.82, 2.24) is 5.32 Å². The summed E-state index contributed by atoms with van der Waals surface area (Å²) in [5.74, 6) is -3.95. The van der Waals surface area contributed by atoms with Crippen molar-refractivity contribution >= 4 is 11.9 Å². The van der Waals surface area contributed by atoms with Gasteiger partial charge < -0.3 is 10.1 Å². The van der Waals surface area contributed by atoms with E-state index in [-0.39, 0.29) is 12.5 Å². The Balaban J connectivity index is 2.07. The average Bonchev–Trinajstić information content (AvgIpc) is 2.58. The monoisotopic (exact) mass is 347 g/mol. The van der Waals surface area contributed by atoms with Gasteiger partial charge in [-0.1, -0.05) is 50.2 Å². The maximum atomic E-state index is 13.7. The fourth-order valence-corrected chi connectivity index (χ4v) is 2.24. The first-order valence-electron chi connectivity index (χ1n) is 7.85. The van der Waals surface area contributed by atoms with Crippen LogP contribution in [0, 0.1) is 17.6 Å². The molecule has 0 saturated carbocycles. The van der Waals surface area contributed by atoms with Crippen LogP contribution in [0.5, 0.6) is 0 Å². The van der Waals surface area contributed by atoms with Crippen LogP contribution in [0.1, 0.15) is 29.8 Å². The molecule has 0 bridgehead atoms. The standard InChI is InChI=1S/C19H19F2NO3/c1-12(2)17(19(24)25-11-13-7-4-3-5-8-13)22-18(23)16-14(20)9-6-10-15(16)21/h3-10,12,17H,11H2,1-2H3,(H,22,23)/t17-/m0/s1. The van der Waals surface area contributed by atoms with Gasteiger partial charge in [0.1, 0.15) is 29.8 Å². The van der Waals surface area contributed by atoms with Gasteiger partial charge >= 0.3 is 5.97 Å². The predicted octanol–water partition coefficient (Wildman–Crippen LogP) is 3.46. The van der Waals surface area contributed by atoms with Crippen molar-refractivity contribution in [1.29, 1.82) is 0 Å². The molecule has 0 unspecified atom stereocenters. The van der Waals surface area contributed by atoms with Crippen LogP contribution < -0.4 is 5.32 Å². The number of carbonyl (C=O) groups is 2. The molecule has 0 heterocycles. The van der Waals surface area contributed by atoms with Gasteiger partial charge in [0, 0.05) is 0 Å². The summed E-state index contributed by atoms with van der Waals surface area (Å²) in [5, 5.41) is 2.36. The van der Waals surface area contributed by atoms with Crippen LogP contribution in [0.2, 0.25) is 0 Å². The Kier molecular flexibility index (Phi) is 6.22. The molecule has 1 amide bonds. The highest BCUT2D eigenvalue weighted by molar-refractivity contribution is 5.97. The van der Waals surface area contributed by atoms with Crippen molar-refractivity contribution in [3.05, 3.63) is 71.3 Å². The quantitative estimate of drug-likeness (QED) is 0.814. The third-order valence-electron chi connectivity index (χ3n) is 3.62.